The first-order chi connectivity index (χ1) is 11.1. The van der Waals surface area contributed by atoms with Gasteiger partial charge in [0.15, 0.2) is 11.5 Å². The van der Waals surface area contributed by atoms with Gasteiger partial charge in [-0.3, -0.25) is 20.4 Å². The Kier molecular flexibility index (Phi) is 4.34. The number of fused-ring (bicyclic) bond motifs is 1. The predicted molar refractivity (Wildman–Crippen MR) is 83.4 cm³/mol. The molecule has 0 fully saturated rings. The summed E-state index contributed by atoms with van der Waals surface area (Å²) in [4.78, 5) is 24.0. The zero-order chi connectivity index (χ0) is 16.2. The third-order valence-corrected chi connectivity index (χ3v) is 3.42. The largest absolute Gasteiger partial charge is 0.485 e. The predicted octanol–water partition coefficient (Wildman–Crippen LogP) is 1.94. The molecule has 1 aliphatic rings. The fourth-order valence-electron chi connectivity index (χ4n) is 2.05. The lowest BCUT2D eigenvalue weighted by atomic mass is 10.2. The van der Waals surface area contributed by atoms with Crippen LogP contribution >= 0.6 is 11.6 Å². The monoisotopic (exact) mass is 332 g/mol. The fourth-order valence-corrected chi connectivity index (χ4v) is 2.24. The van der Waals surface area contributed by atoms with Crippen molar-refractivity contribution in [1.82, 2.24) is 10.9 Å². The molecule has 2 N–H and O–H groups in total. The van der Waals surface area contributed by atoms with Crippen LogP contribution in [0.25, 0.3) is 0 Å². The van der Waals surface area contributed by atoms with E-state index in [0.717, 1.165) is 0 Å². The van der Waals surface area contributed by atoms with Crippen molar-refractivity contribution in [3.8, 4) is 11.5 Å². The van der Waals surface area contributed by atoms with Crippen LogP contribution < -0.4 is 20.3 Å². The Labute approximate surface area is 137 Å². The van der Waals surface area contributed by atoms with Crippen LogP contribution in [0.1, 0.15) is 10.4 Å². The van der Waals surface area contributed by atoms with Crippen LogP contribution in [0.3, 0.4) is 0 Å². The molecular formula is C16H13ClN2O4. The minimum atomic E-state index is -0.843. The molecule has 0 spiro atoms. The number of carbonyl (C=O) groups excluding carboxylic acids is 2. The molecule has 0 aromatic heterocycles. The number of hydrogen-bond acceptors (Lipinski definition) is 4. The van der Waals surface area contributed by atoms with Gasteiger partial charge < -0.3 is 9.47 Å². The number of halogens is 1. The molecule has 7 heteroatoms. The van der Waals surface area contributed by atoms with Crippen molar-refractivity contribution in [3.05, 3.63) is 59.1 Å². The van der Waals surface area contributed by atoms with Gasteiger partial charge in [-0.2, -0.15) is 0 Å². The Hall–Kier alpha value is -2.73. The molecule has 1 heterocycles. The summed E-state index contributed by atoms with van der Waals surface area (Å²) in [5.41, 5.74) is 4.97. The van der Waals surface area contributed by atoms with Gasteiger partial charge >= 0.3 is 0 Å². The first-order valence-electron chi connectivity index (χ1n) is 6.88. The van der Waals surface area contributed by atoms with Gasteiger partial charge in [0.1, 0.15) is 6.61 Å². The van der Waals surface area contributed by atoms with Gasteiger partial charge in [-0.25, -0.2) is 0 Å². The van der Waals surface area contributed by atoms with Gasteiger partial charge in [0, 0.05) is 10.6 Å². The second-order valence-corrected chi connectivity index (χ2v) is 5.25. The summed E-state index contributed by atoms with van der Waals surface area (Å²) in [5, 5.41) is 0.435. The first-order valence-corrected chi connectivity index (χ1v) is 7.25. The van der Waals surface area contributed by atoms with Crippen LogP contribution in [0.5, 0.6) is 11.5 Å². The number of amides is 2. The minimum absolute atomic E-state index is 0.0654. The van der Waals surface area contributed by atoms with Crippen LogP contribution in [0.2, 0.25) is 5.02 Å². The average molecular weight is 333 g/mol. The Morgan fingerprint density at radius 1 is 1.04 bits per heavy atom. The number of carbonyl (C=O) groups is 2. The standard InChI is InChI=1S/C16H13ClN2O4/c17-11-5-3-4-10(8-11)15(20)18-19-16(21)14-9-22-12-6-1-2-7-13(12)23-14/h1-8,14H,9H2,(H,18,20)(H,19,21). The molecule has 3 rings (SSSR count). The van der Waals surface area contributed by atoms with Crippen LogP contribution in [0.4, 0.5) is 0 Å². The lowest BCUT2D eigenvalue weighted by Crippen LogP contribution is -2.50. The number of ether oxygens (including phenoxy) is 2. The van der Waals surface area contributed by atoms with E-state index in [1.165, 1.54) is 6.07 Å². The maximum Gasteiger partial charge on any atom is 0.283 e. The summed E-state index contributed by atoms with van der Waals surface area (Å²) in [5.74, 6) is 0.0902. The van der Waals surface area contributed by atoms with E-state index >= 15 is 0 Å². The SMILES string of the molecule is O=C(NNC(=O)C1COc2ccccc2O1)c1cccc(Cl)c1. The number of benzene rings is 2. The number of nitrogens with one attached hydrogen (secondary N) is 2. The van der Waals surface area contributed by atoms with Gasteiger partial charge in [0.05, 0.1) is 0 Å². The number of rotatable bonds is 2. The molecule has 1 unspecified atom stereocenters. The molecule has 1 atom stereocenters. The molecule has 0 radical (unpaired) electrons. The molecule has 0 saturated heterocycles. The van der Waals surface area contributed by atoms with E-state index in [1.54, 1.807) is 36.4 Å². The summed E-state index contributed by atoms with van der Waals surface area (Å²) in [6.07, 6.45) is -0.843. The molecule has 2 aromatic rings. The highest BCUT2D eigenvalue weighted by molar-refractivity contribution is 6.30. The lowest BCUT2D eigenvalue weighted by Gasteiger charge is -2.25. The molecule has 0 saturated carbocycles. The van der Waals surface area contributed by atoms with Crippen molar-refractivity contribution < 1.29 is 19.1 Å². The Morgan fingerprint density at radius 2 is 1.83 bits per heavy atom. The first kappa shape index (κ1) is 15.2. The van der Waals surface area contributed by atoms with E-state index in [2.05, 4.69) is 10.9 Å². The molecule has 2 aromatic carbocycles. The summed E-state index contributed by atoms with van der Waals surface area (Å²) in [7, 11) is 0. The molecule has 0 bridgehead atoms. The molecule has 6 nitrogen and oxygen atoms in total. The zero-order valence-electron chi connectivity index (χ0n) is 11.9. The van der Waals surface area contributed by atoms with Crippen LogP contribution in [-0.2, 0) is 4.79 Å². The van der Waals surface area contributed by atoms with E-state index in [0.29, 0.717) is 22.1 Å². The topological polar surface area (TPSA) is 76.7 Å². The summed E-state index contributed by atoms with van der Waals surface area (Å²) in [6, 6.07) is 13.4. The third-order valence-electron chi connectivity index (χ3n) is 3.19. The van der Waals surface area contributed by atoms with E-state index < -0.39 is 17.9 Å². The van der Waals surface area contributed by atoms with Gasteiger partial charge in [-0.05, 0) is 30.3 Å². The van der Waals surface area contributed by atoms with E-state index in [-0.39, 0.29) is 6.61 Å². The van der Waals surface area contributed by atoms with Gasteiger partial charge in [0.25, 0.3) is 11.8 Å². The van der Waals surface area contributed by atoms with Crippen molar-refractivity contribution in [1.29, 1.82) is 0 Å². The van der Waals surface area contributed by atoms with Crippen molar-refractivity contribution in [2.24, 2.45) is 0 Å². The van der Waals surface area contributed by atoms with Crippen LogP contribution in [-0.4, -0.2) is 24.5 Å². The minimum Gasteiger partial charge on any atom is -0.485 e. The van der Waals surface area contributed by atoms with E-state index in [1.807, 2.05) is 6.07 Å². The van der Waals surface area contributed by atoms with Gasteiger partial charge in [-0.1, -0.05) is 29.8 Å². The summed E-state index contributed by atoms with van der Waals surface area (Å²) < 4.78 is 11.0. The smallest absolute Gasteiger partial charge is 0.283 e. The molecular weight excluding hydrogens is 320 g/mol. The Bertz CT molecular complexity index is 750. The molecule has 0 aliphatic carbocycles. The Morgan fingerprint density at radius 3 is 2.61 bits per heavy atom. The van der Waals surface area contributed by atoms with Crippen molar-refractivity contribution >= 4 is 23.4 Å². The highest BCUT2D eigenvalue weighted by Crippen LogP contribution is 2.30. The summed E-state index contributed by atoms with van der Waals surface area (Å²) in [6.45, 7) is 0.0654. The second-order valence-electron chi connectivity index (χ2n) is 4.82. The third kappa shape index (κ3) is 3.54. The second kappa shape index (κ2) is 6.58. The maximum atomic E-state index is 12.1. The number of para-hydroxylation sites is 2. The molecule has 23 heavy (non-hydrogen) atoms. The lowest BCUT2D eigenvalue weighted by molar-refractivity contribution is -0.131. The highest BCUT2D eigenvalue weighted by Gasteiger charge is 2.27. The van der Waals surface area contributed by atoms with E-state index in [9.17, 15) is 9.59 Å². The average Bonchev–Trinajstić information content (AvgIpc) is 2.59. The van der Waals surface area contributed by atoms with Crippen LogP contribution in [0.15, 0.2) is 48.5 Å². The maximum absolute atomic E-state index is 12.1. The van der Waals surface area contributed by atoms with Crippen molar-refractivity contribution in [3.63, 3.8) is 0 Å². The number of hydrazine groups is 1. The van der Waals surface area contributed by atoms with Gasteiger partial charge in [0.2, 0.25) is 6.10 Å². The molecule has 1 aliphatic heterocycles. The van der Waals surface area contributed by atoms with E-state index in [4.69, 9.17) is 21.1 Å². The van der Waals surface area contributed by atoms with Crippen LogP contribution in [0, 0.1) is 0 Å². The Balaban J connectivity index is 1.57. The number of hydrogen-bond donors (Lipinski definition) is 2. The molecule has 2 amide bonds. The van der Waals surface area contributed by atoms with Crippen molar-refractivity contribution in [2.45, 2.75) is 6.10 Å². The normalized spacial score (nSPS) is 15.6. The van der Waals surface area contributed by atoms with Crippen molar-refractivity contribution in [2.75, 3.05) is 6.61 Å². The fraction of sp³-hybridized carbons (Fsp3) is 0.125. The molecule has 118 valence electrons. The zero-order valence-corrected chi connectivity index (χ0v) is 12.7. The summed E-state index contributed by atoms with van der Waals surface area (Å²) >= 11 is 5.82. The quantitative estimate of drug-likeness (QED) is 0.824. The highest BCUT2D eigenvalue weighted by atomic mass is 35.5. The van der Waals surface area contributed by atoms with Gasteiger partial charge in [-0.15, -0.1) is 0 Å².